The summed E-state index contributed by atoms with van der Waals surface area (Å²) in [5.74, 6) is -8.03. The molecule has 0 radical (unpaired) electrons. The van der Waals surface area contributed by atoms with Crippen molar-refractivity contribution in [1.82, 2.24) is 62.8 Å². The summed E-state index contributed by atoms with van der Waals surface area (Å²) < 4.78 is 0. The number of H-pyrrole nitrogens is 2. The Labute approximate surface area is 454 Å². The quantitative estimate of drug-likeness (QED) is 0.0266. The van der Waals surface area contributed by atoms with Crippen molar-refractivity contribution in [3.8, 4) is 0 Å². The second-order valence-electron chi connectivity index (χ2n) is 19.0. The van der Waals surface area contributed by atoms with E-state index in [0.717, 1.165) is 32.5 Å². The van der Waals surface area contributed by atoms with Gasteiger partial charge in [0.25, 0.3) is 0 Å². The van der Waals surface area contributed by atoms with E-state index in [1.54, 1.807) is 50.4 Å². The Balaban J connectivity index is 1.58. The third-order valence-corrected chi connectivity index (χ3v) is 14.9. The normalized spacial score (nSPS) is 22.0. The largest absolute Gasteiger partial charge is 0.370 e. The first-order valence-electron chi connectivity index (χ1n) is 25.4. The Hall–Kier alpha value is -7.61. The van der Waals surface area contributed by atoms with Crippen LogP contribution in [0.15, 0.2) is 73.3 Å². The molecule has 26 heteroatoms. The number of nitrogens with one attached hydrogen (secondary N) is 12. The van der Waals surface area contributed by atoms with Gasteiger partial charge in [-0.15, -0.1) is 0 Å². The van der Waals surface area contributed by atoms with E-state index in [9.17, 15) is 43.2 Å². The molecule has 8 atom stereocenters. The van der Waals surface area contributed by atoms with Crippen LogP contribution in [0, 0.1) is 11.3 Å². The van der Waals surface area contributed by atoms with Crippen molar-refractivity contribution in [2.75, 3.05) is 18.1 Å². The zero-order valence-electron chi connectivity index (χ0n) is 43.5. The molecule has 1 aliphatic rings. The number of unbranched alkanes of at least 4 members (excludes halogenated alkanes) is 1. The van der Waals surface area contributed by atoms with Crippen molar-refractivity contribution < 1.29 is 43.2 Å². The number of fused-ring (bicyclic) bond motifs is 1. The summed E-state index contributed by atoms with van der Waals surface area (Å²) >= 11 is 0. The molecule has 0 saturated carbocycles. The fourth-order valence-corrected chi connectivity index (χ4v) is 10.7. The number of carbonyl (C=O) groups is 9. The SMILES string of the molecule is CCCC[C@H](NC(C)=O)C(=O)N[C@H]1CSSC[C@@H](C(N)=O)NC(=O)[C@H](Cc2c[nH]c3ccccc23)NC(=O)[C@H](CCCNC(=N)N)NC(=O)[C@@H](Cc2ccccc2)NC(=O)[C@H](Cc2c[nH]cn2)NC(=O)[C@@H](C(C)C)NC1=O. The number of para-hydroxylation sites is 1. The van der Waals surface area contributed by atoms with Crippen LogP contribution in [0.2, 0.25) is 0 Å². The maximum Gasteiger partial charge on any atom is 0.244 e. The van der Waals surface area contributed by atoms with Crippen LogP contribution in [0.3, 0.4) is 0 Å². The van der Waals surface area contributed by atoms with Crippen LogP contribution < -0.4 is 59.3 Å². The van der Waals surface area contributed by atoms with Crippen LogP contribution in [0.25, 0.3) is 10.9 Å². The van der Waals surface area contributed by atoms with E-state index >= 15 is 0 Å². The Bertz CT molecular complexity index is 2670. The van der Waals surface area contributed by atoms with Gasteiger partial charge in [-0.2, -0.15) is 0 Å². The van der Waals surface area contributed by atoms with Gasteiger partial charge in [-0.25, -0.2) is 4.98 Å². The van der Waals surface area contributed by atoms with Gasteiger partial charge in [0.2, 0.25) is 53.2 Å². The van der Waals surface area contributed by atoms with Gasteiger partial charge >= 0.3 is 0 Å². The van der Waals surface area contributed by atoms with Crippen molar-refractivity contribution in [2.24, 2.45) is 17.4 Å². The van der Waals surface area contributed by atoms with Crippen molar-refractivity contribution in [1.29, 1.82) is 5.41 Å². The van der Waals surface area contributed by atoms with Crippen LogP contribution >= 0.6 is 21.6 Å². The van der Waals surface area contributed by atoms with Crippen LogP contribution in [0.4, 0.5) is 0 Å². The monoisotopic (exact) mass is 1100 g/mol. The number of hydrogen-bond acceptors (Lipinski definition) is 13. The lowest BCUT2D eigenvalue weighted by Gasteiger charge is -2.29. The lowest BCUT2D eigenvalue weighted by atomic mass is 10.0. The Kier molecular flexibility index (Phi) is 23.6. The highest BCUT2D eigenvalue weighted by Crippen LogP contribution is 2.24. The molecule has 0 spiro atoms. The number of aromatic amines is 2. The number of aromatic nitrogens is 3. The fourth-order valence-electron chi connectivity index (χ4n) is 8.35. The molecule has 4 aromatic rings. The number of carbonyl (C=O) groups excluding carboxylic acids is 9. The van der Waals surface area contributed by atoms with Crippen molar-refractivity contribution in [2.45, 2.75) is 127 Å². The molecular weight excluding hydrogens is 1030 g/mol. The summed E-state index contributed by atoms with van der Waals surface area (Å²) in [7, 11) is 2.10. The van der Waals surface area contributed by atoms with Crippen LogP contribution in [-0.2, 0) is 62.4 Å². The average Bonchev–Trinajstić information content (AvgIpc) is 4.07. The maximum atomic E-state index is 14.7. The number of hydrogen-bond donors (Lipinski definition) is 14. The van der Waals surface area contributed by atoms with Crippen LogP contribution in [-0.4, -0.2) is 140 Å². The number of nitrogens with two attached hydrogens (primary N) is 2. The zero-order chi connectivity index (χ0) is 56.0. The molecular formula is C51H71N15O9S2. The van der Waals surface area contributed by atoms with Gasteiger partial charge in [-0.3, -0.25) is 48.6 Å². The number of guanidine groups is 1. The standard InChI is InChI=1S/C51H71N15O9S2/c1-5-6-16-35(59-29(4)67)44(69)65-41-26-77-76-25-40(43(52)68)64-47(72)38(21-31-23-57-34-17-11-10-15-33(31)34)62-45(70)36(18-12-19-56-51(53)54)60-46(71)37(20-30-13-8-7-9-14-30)61-48(73)39(22-32-24-55-27-58-32)63-50(75)42(28(2)3)66-49(41)74/h7-11,13-15,17,23-24,27-28,35-42,57H,5-6,12,16,18-22,25-26H2,1-4H3,(H2,52,68)(H,55,58)(H,59,67)(H,60,71)(H,61,73)(H,62,70)(H,63,75)(H,64,72)(H,65,69)(H,66,74)(H4,53,54,56)/t35-,36-,37+,38-,39-,40-,41-,42+/m0/s1. The summed E-state index contributed by atoms with van der Waals surface area (Å²) in [6, 6.07) is 5.59. The molecule has 2 aromatic heterocycles. The summed E-state index contributed by atoms with van der Waals surface area (Å²) in [6.45, 7) is 6.65. The molecule has 416 valence electrons. The number of primary amides is 1. The molecule has 16 N–H and O–H groups in total. The molecule has 5 rings (SSSR count). The number of amides is 9. The summed E-state index contributed by atoms with van der Waals surface area (Å²) in [4.78, 5) is 137. The van der Waals surface area contributed by atoms with Gasteiger partial charge in [-0.1, -0.05) is 104 Å². The summed E-state index contributed by atoms with van der Waals surface area (Å²) in [5, 5.41) is 33.0. The van der Waals surface area contributed by atoms with E-state index in [1.807, 2.05) is 31.2 Å². The predicted molar refractivity (Wildman–Crippen MR) is 293 cm³/mol. The van der Waals surface area contributed by atoms with Gasteiger partial charge in [0.15, 0.2) is 5.96 Å². The number of rotatable bonds is 18. The molecule has 0 unspecified atom stereocenters. The van der Waals surface area contributed by atoms with Gasteiger partial charge < -0.3 is 69.3 Å². The molecule has 0 aliphatic carbocycles. The molecule has 1 saturated heterocycles. The third-order valence-electron chi connectivity index (χ3n) is 12.5. The van der Waals surface area contributed by atoms with E-state index in [2.05, 4.69) is 62.8 Å². The molecule has 2 aromatic carbocycles. The first-order valence-corrected chi connectivity index (χ1v) is 27.9. The second kappa shape index (κ2) is 30.2. The van der Waals surface area contributed by atoms with Crippen molar-refractivity contribution in [3.63, 3.8) is 0 Å². The molecule has 1 fully saturated rings. The van der Waals surface area contributed by atoms with Gasteiger partial charge in [0.05, 0.1) is 12.0 Å². The number of benzene rings is 2. The second-order valence-corrected chi connectivity index (χ2v) is 21.5. The fraction of sp³-hybridized carbons (Fsp3) is 0.471. The van der Waals surface area contributed by atoms with E-state index < -0.39 is 107 Å². The third kappa shape index (κ3) is 19.2. The topological polar surface area (TPSA) is 382 Å². The first kappa shape index (κ1) is 60.3. The predicted octanol–water partition coefficient (Wildman–Crippen LogP) is -0.193. The smallest absolute Gasteiger partial charge is 0.244 e. The lowest BCUT2D eigenvalue weighted by Crippen LogP contribution is -2.61. The minimum Gasteiger partial charge on any atom is -0.370 e. The summed E-state index contributed by atoms with van der Waals surface area (Å²) in [5.41, 5.74) is 13.8. The van der Waals surface area contributed by atoms with E-state index in [0.29, 0.717) is 29.7 Å². The first-order chi connectivity index (χ1) is 36.8. The Morgan fingerprint density at radius 1 is 0.740 bits per heavy atom. The summed E-state index contributed by atoms with van der Waals surface area (Å²) in [6.07, 6.45) is 5.95. The van der Waals surface area contributed by atoms with Gasteiger partial charge in [0.1, 0.15) is 48.3 Å². The minimum absolute atomic E-state index is 0.0444. The van der Waals surface area contributed by atoms with Gasteiger partial charge in [0, 0.05) is 67.5 Å². The Morgan fingerprint density at radius 2 is 1.36 bits per heavy atom. The van der Waals surface area contributed by atoms with Crippen LogP contribution in [0.1, 0.15) is 76.6 Å². The highest BCUT2D eigenvalue weighted by atomic mass is 33.1. The molecule has 0 bridgehead atoms. The zero-order valence-corrected chi connectivity index (χ0v) is 45.1. The molecule has 1 aliphatic heterocycles. The Morgan fingerprint density at radius 3 is 2.01 bits per heavy atom. The van der Waals surface area contributed by atoms with Gasteiger partial charge in [-0.05, 0) is 42.4 Å². The van der Waals surface area contributed by atoms with E-state index in [4.69, 9.17) is 16.9 Å². The average molecular weight is 1100 g/mol. The van der Waals surface area contributed by atoms with E-state index in [-0.39, 0.29) is 62.5 Å². The molecule has 24 nitrogen and oxygen atoms in total. The minimum atomic E-state index is -1.39. The molecule has 9 amide bonds. The highest BCUT2D eigenvalue weighted by Gasteiger charge is 2.36. The molecule has 77 heavy (non-hydrogen) atoms. The van der Waals surface area contributed by atoms with Crippen molar-refractivity contribution in [3.05, 3.63) is 90.1 Å². The molecule has 3 heterocycles. The number of nitrogens with zero attached hydrogens (tertiary/aromatic N) is 1. The van der Waals surface area contributed by atoms with Crippen LogP contribution in [0.5, 0.6) is 0 Å². The lowest BCUT2D eigenvalue weighted by molar-refractivity contribution is -0.136. The highest BCUT2D eigenvalue weighted by molar-refractivity contribution is 8.76. The van der Waals surface area contributed by atoms with Crippen molar-refractivity contribution >= 4 is 91.6 Å². The maximum absolute atomic E-state index is 14.7. The van der Waals surface area contributed by atoms with E-state index in [1.165, 1.54) is 19.4 Å². The number of imidazole rings is 1.